The molecule has 17 heteroatoms. The van der Waals surface area contributed by atoms with Gasteiger partial charge in [0, 0.05) is 27.2 Å². The molecule has 0 bridgehead atoms. The number of hydrogen-bond acceptors (Lipinski definition) is 11. The normalized spacial score (nSPS) is 12.6. The van der Waals surface area contributed by atoms with Crippen molar-refractivity contribution in [2.75, 3.05) is 16.6 Å². The van der Waals surface area contributed by atoms with Crippen LogP contribution in [-0.4, -0.2) is 38.9 Å². The van der Waals surface area contributed by atoms with Gasteiger partial charge in [0.2, 0.25) is 0 Å². The number of nitrogen functional groups attached to an aromatic ring is 1. The van der Waals surface area contributed by atoms with Crippen LogP contribution in [0.4, 0.5) is 28.4 Å². The molecule has 0 heterocycles. The van der Waals surface area contributed by atoms with Crippen molar-refractivity contribution in [1.29, 1.82) is 0 Å². The molecule has 0 fully saturated rings. The Morgan fingerprint density at radius 3 is 1.63 bits per heavy atom. The highest BCUT2D eigenvalue weighted by Crippen LogP contribution is 2.37. The molecule has 5 rings (SSSR count). The summed E-state index contributed by atoms with van der Waals surface area (Å²) in [4.78, 5) is -1.09. The number of nitrogens with two attached hydrogens (primary N) is 1. The smallest absolute Gasteiger partial charge is 0.294 e. The average molecular weight is 644 g/mol. The first-order valence-corrected chi connectivity index (χ1v) is 16.3. The van der Waals surface area contributed by atoms with Gasteiger partial charge in [-0.15, -0.1) is 10.2 Å². The van der Waals surface area contributed by atoms with Gasteiger partial charge < -0.3 is 16.6 Å². The van der Waals surface area contributed by atoms with Crippen LogP contribution in [0, 0.1) is 0 Å². The van der Waals surface area contributed by atoms with Crippen molar-refractivity contribution >= 4 is 80.3 Å². The van der Waals surface area contributed by atoms with Gasteiger partial charge in [-0.1, -0.05) is 18.2 Å². The van der Waals surface area contributed by atoms with E-state index in [2.05, 4.69) is 21.1 Å². The van der Waals surface area contributed by atoms with Crippen molar-refractivity contribution in [1.82, 2.24) is 0 Å². The molecule has 0 saturated carbocycles. The van der Waals surface area contributed by atoms with Crippen LogP contribution in [0.2, 0.25) is 0 Å². The number of anilines is 3. The first-order valence-electron chi connectivity index (χ1n) is 12.0. The van der Waals surface area contributed by atoms with E-state index in [4.69, 9.17) is 5.73 Å². The van der Waals surface area contributed by atoms with Gasteiger partial charge in [-0.05, 0) is 66.7 Å². The average Bonchev–Trinajstić information content (AvgIpc) is 2.94. The summed E-state index contributed by atoms with van der Waals surface area (Å²) in [6.45, 7) is 0. The lowest BCUT2D eigenvalue weighted by Gasteiger charge is -2.14. The predicted octanol–water partition coefficient (Wildman–Crippen LogP) is 5.17. The second-order valence-electron chi connectivity index (χ2n) is 9.12. The van der Waals surface area contributed by atoms with Crippen LogP contribution in [0.15, 0.2) is 110 Å². The fourth-order valence-corrected chi connectivity index (χ4v) is 5.77. The zero-order valence-corrected chi connectivity index (χ0v) is 24.0. The molecule has 7 N–H and O–H groups in total. The lowest BCUT2D eigenvalue weighted by Crippen LogP contribution is -2.10. The largest absolute Gasteiger partial charge is 0.398 e. The van der Waals surface area contributed by atoms with Crippen LogP contribution in [0.3, 0.4) is 0 Å². The maximum atomic E-state index is 11.9. The van der Waals surface area contributed by atoms with E-state index in [9.17, 15) is 38.9 Å². The quantitative estimate of drug-likeness (QED) is 0.0556. The minimum Gasteiger partial charge on any atom is -0.398 e. The lowest BCUT2D eigenvalue weighted by atomic mass is 10.1. The predicted molar refractivity (Wildman–Crippen MR) is 160 cm³/mol. The van der Waals surface area contributed by atoms with Gasteiger partial charge in [-0.2, -0.15) is 25.3 Å². The van der Waals surface area contributed by atoms with Crippen LogP contribution in [0.5, 0.6) is 0 Å². The SMILES string of the molecule is Nc1ccc(N=Nc2ccc(NNc3cccc(S(=O)(=O)O)c3)c3cc(S(=O)(=O)O)ccc23)c2ccc(S(=O)(=O)O)cc12. The van der Waals surface area contributed by atoms with Crippen molar-refractivity contribution in [2.45, 2.75) is 14.7 Å². The van der Waals surface area contributed by atoms with E-state index in [1.165, 1.54) is 72.8 Å². The van der Waals surface area contributed by atoms with Crippen LogP contribution in [0.25, 0.3) is 21.5 Å². The van der Waals surface area contributed by atoms with Crippen molar-refractivity contribution in [2.24, 2.45) is 10.2 Å². The van der Waals surface area contributed by atoms with E-state index >= 15 is 0 Å². The summed E-state index contributed by atoms with van der Waals surface area (Å²) in [5.74, 6) is 0. The molecule has 0 atom stereocenters. The zero-order chi connectivity index (χ0) is 31.2. The number of fused-ring (bicyclic) bond motifs is 2. The Kier molecular flexibility index (Phi) is 7.55. The van der Waals surface area contributed by atoms with E-state index in [1.807, 2.05) is 0 Å². The Morgan fingerprint density at radius 1 is 0.535 bits per heavy atom. The summed E-state index contributed by atoms with van der Waals surface area (Å²) in [6.07, 6.45) is 0. The van der Waals surface area contributed by atoms with E-state index in [-0.39, 0.29) is 32.2 Å². The molecular weight excluding hydrogens is 623 g/mol. The highest BCUT2D eigenvalue weighted by Gasteiger charge is 2.16. The van der Waals surface area contributed by atoms with Crippen LogP contribution < -0.4 is 16.6 Å². The Labute approximate surface area is 245 Å². The molecule has 5 aromatic rings. The van der Waals surface area contributed by atoms with Crippen LogP contribution >= 0.6 is 0 Å². The molecule has 14 nitrogen and oxygen atoms in total. The number of benzene rings is 5. The Balaban J connectivity index is 1.56. The molecule has 0 unspecified atom stereocenters. The monoisotopic (exact) mass is 643 g/mol. The fraction of sp³-hybridized carbons (Fsp3) is 0. The number of azo groups is 1. The molecule has 43 heavy (non-hydrogen) atoms. The maximum Gasteiger partial charge on any atom is 0.294 e. The van der Waals surface area contributed by atoms with Crippen molar-refractivity contribution in [3.63, 3.8) is 0 Å². The molecule has 0 aliphatic carbocycles. The number of rotatable bonds is 8. The first kappa shape index (κ1) is 29.8. The van der Waals surface area contributed by atoms with Crippen LogP contribution in [0.1, 0.15) is 0 Å². The lowest BCUT2D eigenvalue weighted by molar-refractivity contribution is 0.481. The number of nitrogens with zero attached hydrogens (tertiary/aromatic N) is 2. The summed E-state index contributed by atoms with van der Waals surface area (Å²) >= 11 is 0. The standard InChI is InChI=1S/C26H21N5O9S3/c27-23-8-9-24(19-6-4-17(13-21(19)23)42(35,36)37)30-31-25-10-11-26(22-14-18(43(38,39)40)5-7-20(22)25)29-28-15-2-1-3-16(12-15)41(32,33)34/h1-14,28-29H,27H2,(H,32,33,34)(H,35,36,37)(H,38,39,40). The zero-order valence-electron chi connectivity index (χ0n) is 21.6. The van der Waals surface area contributed by atoms with Crippen molar-refractivity contribution < 1.29 is 38.9 Å². The highest BCUT2D eigenvalue weighted by molar-refractivity contribution is 7.86. The third kappa shape index (κ3) is 6.41. The molecule has 0 aliphatic rings. The molecule has 0 saturated heterocycles. The second kappa shape index (κ2) is 10.9. The van der Waals surface area contributed by atoms with Gasteiger partial charge in [-0.3, -0.25) is 13.7 Å². The van der Waals surface area contributed by atoms with Crippen LogP contribution in [-0.2, 0) is 30.4 Å². The first-order chi connectivity index (χ1) is 20.1. The number of hydrogen-bond donors (Lipinski definition) is 6. The highest BCUT2D eigenvalue weighted by atomic mass is 32.2. The topological polar surface area (TPSA) is 238 Å². The van der Waals surface area contributed by atoms with Gasteiger partial charge >= 0.3 is 0 Å². The molecule has 0 radical (unpaired) electrons. The van der Waals surface area contributed by atoms with Gasteiger partial charge in [-0.25, -0.2) is 0 Å². The Hall–Kier alpha value is -4.65. The fourth-order valence-electron chi connectivity index (χ4n) is 4.23. The van der Waals surface area contributed by atoms with Gasteiger partial charge in [0.1, 0.15) is 0 Å². The minimum atomic E-state index is -4.58. The van der Waals surface area contributed by atoms with E-state index in [0.29, 0.717) is 27.5 Å². The van der Waals surface area contributed by atoms with E-state index in [1.54, 1.807) is 12.1 Å². The Bertz CT molecular complexity index is 2290. The molecule has 5 aromatic carbocycles. The second-order valence-corrected chi connectivity index (χ2v) is 13.4. The minimum absolute atomic E-state index is 0.243. The van der Waals surface area contributed by atoms with E-state index in [0.717, 1.165) is 0 Å². The molecule has 0 amide bonds. The van der Waals surface area contributed by atoms with Gasteiger partial charge in [0.25, 0.3) is 30.4 Å². The van der Waals surface area contributed by atoms with Gasteiger partial charge in [0.15, 0.2) is 0 Å². The third-order valence-corrected chi connectivity index (χ3v) is 8.85. The summed E-state index contributed by atoms with van der Waals surface area (Å²) in [6, 6.07) is 19.1. The number of hydrazine groups is 1. The van der Waals surface area contributed by atoms with Crippen molar-refractivity contribution in [3.8, 4) is 0 Å². The Morgan fingerprint density at radius 2 is 1.05 bits per heavy atom. The molecule has 0 aromatic heterocycles. The molecule has 0 spiro atoms. The summed E-state index contributed by atoms with van der Waals surface area (Å²) in [5, 5.41) is 10.0. The molecule has 222 valence electrons. The summed E-state index contributed by atoms with van der Waals surface area (Å²) in [7, 11) is -13.5. The van der Waals surface area contributed by atoms with Gasteiger partial charge in [0.05, 0.1) is 37.4 Å². The third-order valence-electron chi connectivity index (χ3n) is 6.30. The van der Waals surface area contributed by atoms with Crippen molar-refractivity contribution in [3.05, 3.63) is 84.9 Å². The van der Waals surface area contributed by atoms with E-state index < -0.39 is 35.2 Å². The summed E-state index contributed by atoms with van der Waals surface area (Å²) in [5.41, 5.74) is 13.1. The molecular formula is C26H21N5O9S3. The number of nitrogens with one attached hydrogen (secondary N) is 2. The molecule has 0 aliphatic heterocycles. The summed E-state index contributed by atoms with van der Waals surface area (Å²) < 4.78 is 98.2. The maximum absolute atomic E-state index is 11.9.